The molecule has 0 spiro atoms. The number of H-pyrrole nitrogens is 1. The minimum Gasteiger partial charge on any atom is -0.508 e. The van der Waals surface area contributed by atoms with E-state index < -0.39 is 0 Å². The Morgan fingerprint density at radius 3 is 2.64 bits per heavy atom. The monoisotopic (exact) mass is 355 g/mol. The number of aromatic hydroxyl groups is 1. The molecule has 3 aromatic rings. The van der Waals surface area contributed by atoms with E-state index in [0.29, 0.717) is 11.3 Å². The molecule has 1 aromatic heterocycles. The fourth-order valence-corrected chi connectivity index (χ4v) is 2.85. The average molecular weight is 356 g/mol. The molecule has 22 heavy (non-hydrogen) atoms. The summed E-state index contributed by atoms with van der Waals surface area (Å²) in [5, 5.41) is 25.4. The maximum absolute atomic E-state index is 9.68. The molecule has 0 radical (unpaired) electrons. The van der Waals surface area contributed by atoms with Gasteiger partial charge in [-0.2, -0.15) is 5.10 Å². The number of hydrogen-bond donors (Lipinski definition) is 3. The lowest BCUT2D eigenvalue weighted by atomic mass is 9.98. The normalized spacial score (nSPS) is 10.6. The van der Waals surface area contributed by atoms with E-state index in [-0.39, 0.29) is 11.5 Å². The smallest absolute Gasteiger partial charge is 0.118 e. The average Bonchev–Trinajstić information content (AvgIpc) is 2.91. The topological polar surface area (TPSA) is 72.8 Å². The van der Waals surface area contributed by atoms with Crippen LogP contribution in [0.4, 0.5) is 0 Å². The quantitative estimate of drug-likeness (QED) is 0.613. The van der Waals surface area contributed by atoms with Gasteiger partial charge in [-0.3, -0.25) is 10.5 Å². The lowest BCUT2D eigenvalue weighted by Crippen LogP contribution is -2.05. The summed E-state index contributed by atoms with van der Waals surface area (Å²) in [6, 6.07) is 14.7. The lowest BCUT2D eigenvalue weighted by molar-refractivity contribution is 0.475. The second-order valence-corrected chi connectivity index (χ2v) is 5.83. The van der Waals surface area contributed by atoms with E-state index in [0.717, 1.165) is 21.3 Å². The first kappa shape index (κ1) is 14.5. The summed E-state index contributed by atoms with van der Waals surface area (Å²) in [6.07, 6.45) is 0. The molecule has 5 heteroatoms. The molecule has 0 atom stereocenters. The van der Waals surface area contributed by atoms with Crippen molar-refractivity contribution in [3.05, 3.63) is 70.0 Å². The van der Waals surface area contributed by atoms with Gasteiger partial charge in [-0.25, -0.2) is 0 Å². The molecule has 0 saturated heterocycles. The second kappa shape index (κ2) is 5.77. The van der Waals surface area contributed by atoms with E-state index in [1.165, 1.54) is 0 Å². The highest BCUT2D eigenvalue weighted by atomic mass is 79.9. The van der Waals surface area contributed by atoms with E-state index >= 15 is 0 Å². The van der Waals surface area contributed by atoms with E-state index in [4.69, 9.17) is 5.41 Å². The van der Waals surface area contributed by atoms with Crippen LogP contribution >= 0.6 is 15.9 Å². The van der Waals surface area contributed by atoms with Crippen molar-refractivity contribution in [2.75, 3.05) is 0 Å². The highest BCUT2D eigenvalue weighted by Gasteiger charge is 2.19. The number of rotatable bonds is 3. The Morgan fingerprint density at radius 2 is 1.91 bits per heavy atom. The number of benzene rings is 2. The van der Waals surface area contributed by atoms with Gasteiger partial charge in [0, 0.05) is 21.3 Å². The van der Waals surface area contributed by atoms with Crippen LogP contribution in [0.2, 0.25) is 0 Å². The molecule has 0 amide bonds. The molecule has 0 fully saturated rings. The van der Waals surface area contributed by atoms with E-state index in [9.17, 15) is 5.11 Å². The molecule has 0 aliphatic carbocycles. The molecule has 4 nitrogen and oxygen atoms in total. The third-order valence-electron chi connectivity index (χ3n) is 3.47. The summed E-state index contributed by atoms with van der Waals surface area (Å²) >= 11 is 3.43. The SMILES string of the molecule is Cc1[nH]nc(C(=N)c2cc(O)ccc2Br)c1-c1ccccc1. The number of nitrogens with zero attached hydrogens (tertiary/aromatic N) is 1. The van der Waals surface area contributed by atoms with Crippen molar-refractivity contribution in [1.82, 2.24) is 10.2 Å². The first-order chi connectivity index (χ1) is 10.6. The van der Waals surface area contributed by atoms with Gasteiger partial charge in [0.2, 0.25) is 0 Å². The fraction of sp³-hybridized carbons (Fsp3) is 0.0588. The molecular weight excluding hydrogens is 342 g/mol. The molecule has 0 bridgehead atoms. The Hall–Kier alpha value is -2.40. The van der Waals surface area contributed by atoms with Gasteiger partial charge in [0.15, 0.2) is 0 Å². The van der Waals surface area contributed by atoms with Crippen LogP contribution in [0.25, 0.3) is 11.1 Å². The third-order valence-corrected chi connectivity index (χ3v) is 4.16. The first-order valence-electron chi connectivity index (χ1n) is 6.76. The van der Waals surface area contributed by atoms with E-state index in [1.54, 1.807) is 18.2 Å². The fourth-order valence-electron chi connectivity index (χ4n) is 2.40. The first-order valence-corrected chi connectivity index (χ1v) is 7.55. The zero-order valence-corrected chi connectivity index (χ0v) is 13.5. The predicted octanol–water partition coefficient (Wildman–Crippen LogP) is 4.27. The van der Waals surface area contributed by atoms with Crippen LogP contribution in [-0.4, -0.2) is 21.0 Å². The van der Waals surface area contributed by atoms with Crippen LogP contribution in [-0.2, 0) is 0 Å². The Balaban J connectivity index is 2.14. The maximum atomic E-state index is 9.68. The minimum absolute atomic E-state index is 0.122. The molecule has 110 valence electrons. The van der Waals surface area contributed by atoms with Gasteiger partial charge in [-0.15, -0.1) is 0 Å². The molecule has 0 unspecified atom stereocenters. The Bertz CT molecular complexity index is 840. The zero-order chi connectivity index (χ0) is 15.7. The molecule has 1 heterocycles. The number of hydrogen-bond acceptors (Lipinski definition) is 3. The molecule has 3 rings (SSSR count). The van der Waals surface area contributed by atoms with Crippen LogP contribution in [0.15, 0.2) is 53.0 Å². The number of nitrogens with one attached hydrogen (secondary N) is 2. The standard InChI is InChI=1S/C17H14BrN3O/c1-10-15(11-5-3-2-4-6-11)17(21-20-10)16(19)13-9-12(22)7-8-14(13)18/h2-9,19,22H,1H3,(H,20,21). The van der Waals surface area contributed by atoms with Gasteiger partial charge in [0.1, 0.15) is 11.4 Å². The van der Waals surface area contributed by atoms with Crippen molar-refractivity contribution in [2.24, 2.45) is 0 Å². The molecular formula is C17H14BrN3O. The van der Waals surface area contributed by atoms with Gasteiger partial charge in [-0.1, -0.05) is 46.3 Å². The number of aryl methyl sites for hydroxylation is 1. The number of halogens is 1. The van der Waals surface area contributed by atoms with E-state index in [2.05, 4.69) is 26.1 Å². The predicted molar refractivity (Wildman–Crippen MR) is 90.5 cm³/mol. The molecule has 2 aromatic carbocycles. The summed E-state index contributed by atoms with van der Waals surface area (Å²) in [4.78, 5) is 0. The number of phenols is 1. The maximum Gasteiger partial charge on any atom is 0.118 e. The highest BCUT2D eigenvalue weighted by molar-refractivity contribution is 9.10. The van der Waals surface area contributed by atoms with Crippen LogP contribution < -0.4 is 0 Å². The van der Waals surface area contributed by atoms with Crippen LogP contribution in [0.5, 0.6) is 5.75 Å². The van der Waals surface area contributed by atoms with Crippen molar-refractivity contribution < 1.29 is 5.11 Å². The third kappa shape index (κ3) is 2.55. The van der Waals surface area contributed by atoms with Gasteiger partial charge in [0.25, 0.3) is 0 Å². The van der Waals surface area contributed by atoms with Gasteiger partial charge >= 0.3 is 0 Å². The van der Waals surface area contributed by atoms with Gasteiger partial charge in [0.05, 0.1) is 5.71 Å². The lowest BCUT2D eigenvalue weighted by Gasteiger charge is -2.08. The Morgan fingerprint density at radius 1 is 1.18 bits per heavy atom. The Labute approximate surface area is 136 Å². The summed E-state index contributed by atoms with van der Waals surface area (Å²) in [5.41, 5.74) is 4.23. The second-order valence-electron chi connectivity index (χ2n) is 4.98. The molecule has 3 N–H and O–H groups in total. The van der Waals surface area contributed by atoms with Gasteiger partial charge in [-0.05, 0) is 30.7 Å². The summed E-state index contributed by atoms with van der Waals surface area (Å²) in [7, 11) is 0. The number of aromatic nitrogens is 2. The highest BCUT2D eigenvalue weighted by Crippen LogP contribution is 2.30. The minimum atomic E-state index is 0.122. The van der Waals surface area contributed by atoms with Crippen LogP contribution in [0, 0.1) is 12.3 Å². The van der Waals surface area contributed by atoms with Crippen LogP contribution in [0.1, 0.15) is 17.0 Å². The molecule has 0 saturated carbocycles. The zero-order valence-electron chi connectivity index (χ0n) is 11.9. The van der Waals surface area contributed by atoms with Crippen molar-refractivity contribution >= 4 is 21.6 Å². The van der Waals surface area contributed by atoms with Crippen LogP contribution in [0.3, 0.4) is 0 Å². The molecule has 0 aliphatic rings. The summed E-state index contributed by atoms with van der Waals surface area (Å²) in [6.45, 7) is 1.93. The van der Waals surface area contributed by atoms with E-state index in [1.807, 2.05) is 37.3 Å². The number of aromatic amines is 1. The van der Waals surface area contributed by atoms with Crippen molar-refractivity contribution in [3.63, 3.8) is 0 Å². The summed E-state index contributed by atoms with van der Waals surface area (Å²) < 4.78 is 0.745. The van der Waals surface area contributed by atoms with Crippen molar-refractivity contribution in [2.45, 2.75) is 6.92 Å². The summed E-state index contributed by atoms with van der Waals surface area (Å²) in [5.74, 6) is 0.122. The van der Waals surface area contributed by atoms with Crippen molar-refractivity contribution in [1.29, 1.82) is 5.41 Å². The number of phenolic OH excluding ortho intramolecular Hbond substituents is 1. The Kier molecular flexibility index (Phi) is 3.81. The van der Waals surface area contributed by atoms with Gasteiger partial charge < -0.3 is 5.11 Å². The van der Waals surface area contributed by atoms with Crippen molar-refractivity contribution in [3.8, 4) is 16.9 Å². The molecule has 0 aliphatic heterocycles. The largest absolute Gasteiger partial charge is 0.508 e.